The van der Waals surface area contributed by atoms with Gasteiger partial charge in [0.15, 0.2) is 0 Å². The number of piperidine rings is 1. The van der Waals surface area contributed by atoms with Crippen LogP contribution >= 0.6 is 0 Å². The van der Waals surface area contributed by atoms with Gasteiger partial charge in [0, 0.05) is 54.3 Å². The number of aliphatic hydroxyl groups excluding tert-OH is 2. The number of fused-ring (bicyclic) bond motifs is 2. The molecule has 0 bridgehead atoms. The van der Waals surface area contributed by atoms with Gasteiger partial charge in [0.2, 0.25) is 0 Å². The molecule has 6 heteroatoms. The number of likely N-dealkylation sites (tertiary alicyclic amines) is 1. The third kappa shape index (κ3) is 3.80. The normalized spacial score (nSPS) is 21.6. The van der Waals surface area contributed by atoms with Crippen molar-refractivity contribution in [3.05, 3.63) is 59.3 Å². The molecular weight excluding hydrogens is 392 g/mol. The molecule has 2 atom stereocenters. The van der Waals surface area contributed by atoms with E-state index < -0.39 is 12.2 Å². The van der Waals surface area contributed by atoms with Crippen molar-refractivity contribution in [3.8, 4) is 11.5 Å². The quantitative estimate of drug-likeness (QED) is 0.595. The highest BCUT2D eigenvalue weighted by molar-refractivity contribution is 5.84. The van der Waals surface area contributed by atoms with E-state index in [-0.39, 0.29) is 5.60 Å². The van der Waals surface area contributed by atoms with E-state index in [2.05, 4.69) is 35.0 Å². The molecule has 6 nitrogen and oxygen atoms in total. The number of hydrogen-bond acceptors (Lipinski definition) is 5. The van der Waals surface area contributed by atoms with E-state index in [0.717, 1.165) is 59.5 Å². The molecule has 0 amide bonds. The van der Waals surface area contributed by atoms with Crippen LogP contribution in [0.25, 0.3) is 10.9 Å². The standard InChI is InChI=1S/C25H30N2O4/c1-16-3-5-21-18(11-16)20(14-26-21)23(29)15-27-9-7-25(8-10-27)13-22(28)19-12-17(30-2)4-6-24(19)31-25/h3-6,11-12,14,22-23,26,28-29H,7-10,13,15H2,1-2H3. The first-order chi connectivity index (χ1) is 15.0. The van der Waals surface area contributed by atoms with E-state index >= 15 is 0 Å². The third-order valence-corrected chi connectivity index (χ3v) is 6.89. The fourth-order valence-electron chi connectivity index (χ4n) is 5.07. The van der Waals surface area contributed by atoms with Crippen molar-refractivity contribution in [2.75, 3.05) is 26.7 Å². The van der Waals surface area contributed by atoms with Crippen LogP contribution in [0.15, 0.2) is 42.6 Å². The molecule has 31 heavy (non-hydrogen) atoms. The summed E-state index contributed by atoms with van der Waals surface area (Å²) in [6, 6.07) is 11.9. The van der Waals surface area contributed by atoms with E-state index in [4.69, 9.17) is 9.47 Å². The number of nitrogens with one attached hydrogen (secondary N) is 1. The van der Waals surface area contributed by atoms with E-state index in [9.17, 15) is 10.2 Å². The molecule has 1 aromatic heterocycles. The Morgan fingerprint density at radius 3 is 2.81 bits per heavy atom. The molecule has 2 unspecified atom stereocenters. The van der Waals surface area contributed by atoms with Gasteiger partial charge < -0.3 is 29.6 Å². The maximum Gasteiger partial charge on any atom is 0.126 e. The van der Waals surface area contributed by atoms with Crippen LogP contribution in [0.2, 0.25) is 0 Å². The summed E-state index contributed by atoms with van der Waals surface area (Å²) in [5.74, 6) is 1.48. The molecule has 5 rings (SSSR count). The first-order valence-corrected chi connectivity index (χ1v) is 11.0. The summed E-state index contributed by atoms with van der Waals surface area (Å²) in [6.45, 7) is 4.32. The van der Waals surface area contributed by atoms with Crippen molar-refractivity contribution in [1.29, 1.82) is 0 Å². The van der Waals surface area contributed by atoms with Gasteiger partial charge in [0.25, 0.3) is 0 Å². The molecule has 1 spiro atoms. The monoisotopic (exact) mass is 422 g/mol. The molecule has 2 aliphatic heterocycles. The van der Waals surface area contributed by atoms with Gasteiger partial charge in [0.05, 0.1) is 19.3 Å². The number of methoxy groups -OCH3 is 1. The summed E-state index contributed by atoms with van der Waals surface area (Å²) in [6.07, 6.45) is 3.07. The molecule has 0 aliphatic carbocycles. The number of benzene rings is 2. The highest BCUT2D eigenvalue weighted by atomic mass is 16.5. The Morgan fingerprint density at radius 2 is 2.03 bits per heavy atom. The summed E-state index contributed by atoms with van der Waals surface area (Å²) in [5.41, 5.74) is 3.65. The van der Waals surface area contributed by atoms with Crippen molar-refractivity contribution >= 4 is 10.9 Å². The maximum atomic E-state index is 10.9. The molecular formula is C25H30N2O4. The lowest BCUT2D eigenvalue weighted by molar-refractivity contribution is -0.0588. The van der Waals surface area contributed by atoms with E-state index in [0.29, 0.717) is 13.0 Å². The summed E-state index contributed by atoms with van der Waals surface area (Å²) in [4.78, 5) is 5.56. The van der Waals surface area contributed by atoms with Crippen LogP contribution in [0.1, 0.15) is 48.2 Å². The zero-order valence-electron chi connectivity index (χ0n) is 18.1. The molecule has 0 radical (unpaired) electrons. The first-order valence-electron chi connectivity index (χ1n) is 11.0. The van der Waals surface area contributed by atoms with Gasteiger partial charge in [-0.3, -0.25) is 0 Å². The minimum atomic E-state index is -0.551. The Hall–Kier alpha value is -2.54. The van der Waals surface area contributed by atoms with Crippen LogP contribution in [0, 0.1) is 6.92 Å². The van der Waals surface area contributed by atoms with Crippen molar-refractivity contribution in [2.24, 2.45) is 0 Å². The van der Waals surface area contributed by atoms with Gasteiger partial charge >= 0.3 is 0 Å². The number of rotatable bonds is 4. The number of aromatic amines is 1. The molecule has 1 fully saturated rings. The molecule has 164 valence electrons. The minimum absolute atomic E-state index is 0.347. The number of aryl methyl sites for hydroxylation is 1. The summed E-state index contributed by atoms with van der Waals surface area (Å²) in [7, 11) is 1.63. The second kappa shape index (κ2) is 7.86. The minimum Gasteiger partial charge on any atom is -0.497 e. The Morgan fingerprint density at radius 1 is 1.23 bits per heavy atom. The molecule has 3 aromatic rings. The molecule has 3 N–H and O–H groups in total. The molecule has 0 saturated carbocycles. The van der Waals surface area contributed by atoms with E-state index in [1.54, 1.807) is 7.11 Å². The first kappa shape index (κ1) is 20.4. The molecule has 2 aromatic carbocycles. The number of β-amino-alcohol motifs (C(OH)–C–C–N with tert-alkyl or cyclic N) is 1. The Balaban J connectivity index is 1.25. The number of ether oxygens (including phenoxy) is 2. The SMILES string of the molecule is COc1ccc2c(c1)C(O)CC1(CCN(CC(O)c3c[nH]c4ccc(C)cc34)CC1)O2. The molecule has 1 saturated heterocycles. The molecule has 3 heterocycles. The van der Waals surface area contributed by atoms with Crippen molar-refractivity contribution in [1.82, 2.24) is 9.88 Å². The highest BCUT2D eigenvalue weighted by Crippen LogP contribution is 2.45. The zero-order chi connectivity index (χ0) is 21.6. The van der Waals surface area contributed by atoms with E-state index in [1.165, 1.54) is 5.56 Å². The lowest BCUT2D eigenvalue weighted by Crippen LogP contribution is -2.51. The summed E-state index contributed by atoms with van der Waals surface area (Å²) < 4.78 is 11.7. The predicted molar refractivity (Wildman–Crippen MR) is 120 cm³/mol. The van der Waals surface area contributed by atoms with Crippen LogP contribution in [-0.2, 0) is 0 Å². The van der Waals surface area contributed by atoms with Crippen molar-refractivity contribution in [2.45, 2.75) is 44.0 Å². The Kier molecular flexibility index (Phi) is 5.16. The second-order valence-corrected chi connectivity index (χ2v) is 9.02. The fraction of sp³-hybridized carbons (Fsp3) is 0.440. The number of nitrogens with zero attached hydrogens (tertiary/aromatic N) is 1. The largest absolute Gasteiger partial charge is 0.497 e. The lowest BCUT2D eigenvalue weighted by atomic mass is 9.81. The number of aromatic nitrogens is 1. The van der Waals surface area contributed by atoms with Crippen LogP contribution in [0.5, 0.6) is 11.5 Å². The van der Waals surface area contributed by atoms with Crippen LogP contribution in [-0.4, -0.2) is 52.4 Å². The zero-order valence-corrected chi connectivity index (χ0v) is 18.1. The van der Waals surface area contributed by atoms with Gasteiger partial charge in [-0.05, 0) is 50.1 Å². The Labute approximate surface area is 182 Å². The number of hydrogen-bond donors (Lipinski definition) is 3. The summed E-state index contributed by atoms with van der Waals surface area (Å²) in [5, 5.41) is 22.8. The van der Waals surface area contributed by atoms with Gasteiger partial charge in [0.1, 0.15) is 17.1 Å². The smallest absolute Gasteiger partial charge is 0.126 e. The van der Waals surface area contributed by atoms with Crippen molar-refractivity contribution < 1.29 is 19.7 Å². The Bertz CT molecular complexity index is 1080. The fourth-order valence-corrected chi connectivity index (χ4v) is 5.07. The van der Waals surface area contributed by atoms with Crippen LogP contribution in [0.4, 0.5) is 0 Å². The van der Waals surface area contributed by atoms with Gasteiger partial charge in [-0.1, -0.05) is 11.6 Å². The highest BCUT2D eigenvalue weighted by Gasteiger charge is 2.43. The van der Waals surface area contributed by atoms with Crippen molar-refractivity contribution in [3.63, 3.8) is 0 Å². The second-order valence-electron chi connectivity index (χ2n) is 9.02. The topological polar surface area (TPSA) is 78.0 Å². The summed E-state index contributed by atoms with van der Waals surface area (Å²) >= 11 is 0. The van der Waals surface area contributed by atoms with Gasteiger partial charge in [-0.15, -0.1) is 0 Å². The number of H-pyrrole nitrogens is 1. The lowest BCUT2D eigenvalue weighted by Gasteiger charge is -2.46. The predicted octanol–water partition coefficient (Wildman–Crippen LogP) is 3.87. The number of aliphatic hydroxyl groups is 2. The van der Waals surface area contributed by atoms with E-state index in [1.807, 2.05) is 24.4 Å². The third-order valence-electron chi connectivity index (χ3n) is 6.89. The van der Waals surface area contributed by atoms with Crippen LogP contribution < -0.4 is 9.47 Å². The average molecular weight is 423 g/mol. The maximum absolute atomic E-state index is 10.9. The average Bonchev–Trinajstić information content (AvgIpc) is 3.18. The molecule has 2 aliphatic rings. The van der Waals surface area contributed by atoms with Crippen LogP contribution in [0.3, 0.4) is 0 Å². The van der Waals surface area contributed by atoms with Gasteiger partial charge in [-0.25, -0.2) is 0 Å². The van der Waals surface area contributed by atoms with Gasteiger partial charge in [-0.2, -0.15) is 0 Å².